The van der Waals surface area contributed by atoms with Crippen LogP contribution in [0.5, 0.6) is 0 Å². The molecule has 1 aliphatic carbocycles. The minimum absolute atomic E-state index is 0.228. The van der Waals surface area contributed by atoms with Gasteiger partial charge >= 0.3 is 0 Å². The first-order valence-corrected chi connectivity index (χ1v) is 8.50. The fourth-order valence-corrected chi connectivity index (χ4v) is 3.58. The van der Waals surface area contributed by atoms with Gasteiger partial charge in [0.1, 0.15) is 10.7 Å². The molecule has 0 bridgehead atoms. The zero-order chi connectivity index (χ0) is 18.9. The van der Waals surface area contributed by atoms with Crippen molar-refractivity contribution in [2.75, 3.05) is 0 Å². The van der Waals surface area contributed by atoms with E-state index in [2.05, 4.69) is 10.4 Å². The van der Waals surface area contributed by atoms with Crippen molar-refractivity contribution in [1.82, 2.24) is 15.1 Å². The van der Waals surface area contributed by atoms with Crippen molar-refractivity contribution < 1.29 is 13.6 Å². The predicted octanol–water partition coefficient (Wildman–Crippen LogP) is 4.50. The van der Waals surface area contributed by atoms with E-state index < -0.39 is 28.9 Å². The molecule has 3 rings (SSSR count). The second kappa shape index (κ2) is 7.21. The van der Waals surface area contributed by atoms with Crippen LogP contribution in [0.4, 0.5) is 8.78 Å². The van der Waals surface area contributed by atoms with Crippen molar-refractivity contribution in [3.63, 3.8) is 0 Å². The van der Waals surface area contributed by atoms with Crippen LogP contribution in [-0.4, -0.2) is 20.7 Å². The van der Waals surface area contributed by atoms with Crippen LogP contribution in [0.1, 0.15) is 34.0 Å². The van der Waals surface area contributed by atoms with Crippen LogP contribution in [0.3, 0.4) is 0 Å². The molecule has 1 N–H and O–H groups in total. The molecule has 2 atom stereocenters. The molecule has 1 amide bonds. The van der Waals surface area contributed by atoms with Gasteiger partial charge in [0.2, 0.25) is 0 Å². The summed E-state index contributed by atoms with van der Waals surface area (Å²) in [4.78, 5) is 11.3. The third-order valence-corrected chi connectivity index (χ3v) is 4.69. The van der Waals surface area contributed by atoms with Gasteiger partial charge in [0.15, 0.2) is 0 Å². The van der Waals surface area contributed by atoms with Gasteiger partial charge < -0.3 is 5.32 Å². The Balaban J connectivity index is 1.95. The summed E-state index contributed by atoms with van der Waals surface area (Å²) < 4.78 is 27.5. The maximum absolute atomic E-state index is 13.1. The number of amides is 1. The van der Waals surface area contributed by atoms with Crippen LogP contribution in [0.15, 0.2) is 59.8 Å². The summed E-state index contributed by atoms with van der Waals surface area (Å²) in [5.74, 6) is -1.18. The molecule has 0 saturated heterocycles. The second-order valence-electron chi connectivity index (χ2n) is 5.90. The van der Waals surface area contributed by atoms with E-state index in [1.54, 1.807) is 12.2 Å². The molecule has 0 spiro atoms. The summed E-state index contributed by atoms with van der Waals surface area (Å²) in [6.45, 7) is 0. The van der Waals surface area contributed by atoms with E-state index in [0.29, 0.717) is 5.03 Å². The molecule has 0 saturated carbocycles. The van der Waals surface area contributed by atoms with Crippen LogP contribution >= 0.6 is 23.2 Å². The summed E-state index contributed by atoms with van der Waals surface area (Å²) in [6.07, 6.45) is 3.30. The Bertz CT molecular complexity index is 880. The largest absolute Gasteiger partial charge is 0.329 e. The van der Waals surface area contributed by atoms with Crippen LogP contribution in [-0.2, 0) is 7.05 Å². The lowest BCUT2D eigenvalue weighted by molar-refractivity contribution is 0.0919. The second-order valence-corrected chi connectivity index (χ2v) is 6.96. The van der Waals surface area contributed by atoms with Crippen molar-refractivity contribution in [3.05, 3.63) is 76.6 Å². The number of aromatic nitrogens is 2. The first-order valence-electron chi connectivity index (χ1n) is 7.75. The molecule has 1 aromatic heterocycles. The zero-order valence-electron chi connectivity index (χ0n) is 13.7. The minimum atomic E-state index is -2.88. The number of carbonyl (C=O) groups is 1. The molecule has 26 heavy (non-hydrogen) atoms. The average Bonchev–Trinajstić information content (AvgIpc) is 2.97. The van der Waals surface area contributed by atoms with Gasteiger partial charge in [-0.15, -0.1) is 0 Å². The third-order valence-electron chi connectivity index (χ3n) is 4.02. The molecule has 136 valence electrons. The Morgan fingerprint density at radius 3 is 2.69 bits per heavy atom. The number of halogens is 4. The van der Waals surface area contributed by atoms with Gasteiger partial charge in [0.05, 0.1) is 5.56 Å². The van der Waals surface area contributed by atoms with Crippen LogP contribution in [0.2, 0.25) is 0 Å². The van der Waals surface area contributed by atoms with Crippen molar-refractivity contribution >= 4 is 29.1 Å². The Morgan fingerprint density at radius 1 is 1.35 bits per heavy atom. The van der Waals surface area contributed by atoms with Gasteiger partial charge in [-0.3, -0.25) is 9.48 Å². The monoisotopic (exact) mass is 397 g/mol. The smallest absolute Gasteiger partial charge is 0.282 e. The molecule has 0 radical (unpaired) electrons. The number of carbonyl (C=O) groups excluding carboxylic acids is 1. The first-order chi connectivity index (χ1) is 12.3. The topological polar surface area (TPSA) is 46.9 Å². The van der Waals surface area contributed by atoms with E-state index in [0.717, 1.165) is 10.2 Å². The summed E-state index contributed by atoms with van der Waals surface area (Å²) in [5.41, 5.74) is 0.0242. The van der Waals surface area contributed by atoms with Gasteiger partial charge in [0.25, 0.3) is 12.3 Å². The lowest BCUT2D eigenvalue weighted by Crippen LogP contribution is -2.47. The number of nitrogens with one attached hydrogen (secondary N) is 1. The van der Waals surface area contributed by atoms with E-state index in [9.17, 15) is 13.6 Å². The van der Waals surface area contributed by atoms with E-state index in [1.165, 1.54) is 19.3 Å². The number of alkyl halides is 3. The van der Waals surface area contributed by atoms with Gasteiger partial charge in [-0.2, -0.15) is 5.10 Å². The summed E-state index contributed by atoms with van der Waals surface area (Å²) in [7, 11) is 1.46. The number of rotatable bonds is 4. The molecule has 2 unspecified atom stereocenters. The van der Waals surface area contributed by atoms with E-state index >= 15 is 0 Å². The van der Waals surface area contributed by atoms with Crippen molar-refractivity contribution in [3.8, 4) is 0 Å². The standard InChI is InChI=1S/C18H15Cl2F2N3O/c1-25-10-13(15(24-25)16(21)22)17(26)23-18(20)9-12(19)7-8-14(18)11-5-3-2-4-6-11/h2-10,14,16H,1H3,(H,23,26). The summed E-state index contributed by atoms with van der Waals surface area (Å²) in [5, 5.41) is 6.61. The van der Waals surface area contributed by atoms with Crippen LogP contribution in [0.25, 0.3) is 0 Å². The van der Waals surface area contributed by atoms with Gasteiger partial charge in [0, 0.05) is 24.2 Å². The highest BCUT2D eigenvalue weighted by Crippen LogP contribution is 2.39. The molecule has 1 aromatic carbocycles. The maximum atomic E-state index is 13.1. The maximum Gasteiger partial charge on any atom is 0.282 e. The highest BCUT2D eigenvalue weighted by atomic mass is 35.5. The number of hydrogen-bond donors (Lipinski definition) is 1. The first kappa shape index (κ1) is 18.6. The Hall–Kier alpha value is -2.18. The van der Waals surface area contributed by atoms with E-state index in [-0.39, 0.29) is 5.56 Å². The quantitative estimate of drug-likeness (QED) is 0.609. The number of aryl methyl sites for hydroxylation is 1. The lowest BCUT2D eigenvalue weighted by Gasteiger charge is -2.34. The highest BCUT2D eigenvalue weighted by molar-refractivity contribution is 6.34. The summed E-state index contributed by atoms with van der Waals surface area (Å²) >= 11 is 12.8. The number of hydrogen-bond acceptors (Lipinski definition) is 2. The van der Waals surface area contributed by atoms with Gasteiger partial charge in [-0.1, -0.05) is 59.6 Å². The predicted molar refractivity (Wildman–Crippen MR) is 96.5 cm³/mol. The molecule has 4 nitrogen and oxygen atoms in total. The molecule has 1 aliphatic rings. The van der Waals surface area contributed by atoms with Crippen molar-refractivity contribution in [2.24, 2.45) is 7.05 Å². The Kier molecular flexibility index (Phi) is 5.16. The molecular weight excluding hydrogens is 383 g/mol. The van der Waals surface area contributed by atoms with Crippen molar-refractivity contribution in [2.45, 2.75) is 17.3 Å². The molecule has 2 aromatic rings. The fraction of sp³-hybridized carbons (Fsp3) is 0.222. The molecular formula is C18H15Cl2F2N3O. The SMILES string of the molecule is Cn1cc(C(=O)NC2(Cl)C=C(Cl)C=CC2c2ccccc2)c(C(F)F)n1. The van der Waals surface area contributed by atoms with Crippen LogP contribution < -0.4 is 5.32 Å². The lowest BCUT2D eigenvalue weighted by atomic mass is 9.87. The number of allylic oxidation sites excluding steroid dienone is 2. The molecule has 0 fully saturated rings. The van der Waals surface area contributed by atoms with E-state index in [1.807, 2.05) is 30.3 Å². The van der Waals surface area contributed by atoms with Crippen molar-refractivity contribution in [1.29, 1.82) is 0 Å². The third kappa shape index (κ3) is 3.66. The zero-order valence-corrected chi connectivity index (χ0v) is 15.2. The highest BCUT2D eigenvalue weighted by Gasteiger charge is 2.39. The number of nitrogens with zero attached hydrogens (tertiary/aromatic N) is 2. The average molecular weight is 398 g/mol. The molecule has 8 heteroatoms. The molecule has 1 heterocycles. The fourth-order valence-electron chi connectivity index (χ4n) is 2.88. The van der Waals surface area contributed by atoms with Gasteiger partial charge in [-0.25, -0.2) is 8.78 Å². The van der Waals surface area contributed by atoms with Crippen LogP contribution in [0, 0.1) is 0 Å². The molecule has 0 aliphatic heterocycles. The Labute approximate surface area is 159 Å². The number of benzene rings is 1. The van der Waals surface area contributed by atoms with E-state index in [4.69, 9.17) is 23.2 Å². The Morgan fingerprint density at radius 2 is 2.04 bits per heavy atom. The normalized spacial score (nSPS) is 22.4. The van der Waals surface area contributed by atoms with Gasteiger partial charge in [-0.05, 0) is 17.7 Å². The summed E-state index contributed by atoms with van der Waals surface area (Å²) in [6, 6.07) is 9.27. The minimum Gasteiger partial charge on any atom is -0.329 e.